The predicted octanol–water partition coefficient (Wildman–Crippen LogP) is 4.29. The van der Waals surface area contributed by atoms with Gasteiger partial charge in [-0.3, -0.25) is 9.59 Å². The first-order chi connectivity index (χ1) is 18.5. The molecule has 3 aromatic carbocycles. The van der Waals surface area contributed by atoms with Gasteiger partial charge in [0.2, 0.25) is 15.9 Å². The molecule has 39 heavy (non-hydrogen) atoms. The molecule has 0 unspecified atom stereocenters. The second-order valence-electron chi connectivity index (χ2n) is 10.9. The van der Waals surface area contributed by atoms with Crippen molar-refractivity contribution in [2.45, 2.75) is 57.5 Å². The number of anilines is 1. The summed E-state index contributed by atoms with van der Waals surface area (Å²) in [5.41, 5.74) is 7.79. The predicted molar refractivity (Wildman–Crippen MR) is 155 cm³/mol. The number of nitrogens with two attached hydrogens (primary N) is 1. The van der Waals surface area contributed by atoms with Crippen LogP contribution in [0.1, 0.15) is 49.5 Å². The van der Waals surface area contributed by atoms with Crippen molar-refractivity contribution in [1.29, 1.82) is 0 Å². The summed E-state index contributed by atoms with van der Waals surface area (Å²) in [4.78, 5) is 27.4. The summed E-state index contributed by atoms with van der Waals surface area (Å²) in [5, 5.41) is 4.12. The van der Waals surface area contributed by atoms with Crippen molar-refractivity contribution in [2.24, 2.45) is 17.6 Å². The van der Waals surface area contributed by atoms with E-state index in [1.807, 2.05) is 37.3 Å². The van der Waals surface area contributed by atoms with Crippen molar-refractivity contribution in [1.82, 2.24) is 9.62 Å². The Morgan fingerprint density at radius 3 is 2.33 bits per heavy atom. The maximum Gasteiger partial charge on any atom is 0.255 e. The molecule has 3 atom stereocenters. The first-order valence-electron chi connectivity index (χ1n) is 13.4. The number of piperidine rings is 1. The van der Waals surface area contributed by atoms with E-state index < -0.39 is 16.1 Å². The van der Waals surface area contributed by atoms with E-state index in [2.05, 4.69) is 23.9 Å². The number of likely N-dealkylation sites (tertiary alicyclic amines) is 1. The zero-order chi connectivity index (χ0) is 28.3. The third kappa shape index (κ3) is 6.49. The van der Waals surface area contributed by atoms with Crippen LogP contribution in [0.4, 0.5) is 5.69 Å². The summed E-state index contributed by atoms with van der Waals surface area (Å²) in [5.74, 6) is -0.0597. The minimum atomic E-state index is -3.90. The number of hydrogen-bond acceptors (Lipinski definition) is 5. The van der Waals surface area contributed by atoms with Crippen LogP contribution >= 0.6 is 0 Å². The Kier molecular flexibility index (Phi) is 8.73. The minimum Gasteiger partial charge on any atom is -0.341 e. The Bertz CT molecular complexity index is 1470. The Morgan fingerprint density at radius 2 is 1.67 bits per heavy atom. The average molecular weight is 551 g/mol. The number of sulfonamides is 1. The molecule has 0 saturated carbocycles. The summed E-state index contributed by atoms with van der Waals surface area (Å²) in [7, 11) is -3.90. The van der Waals surface area contributed by atoms with Gasteiger partial charge in [-0.05, 0) is 62.3 Å². The molecule has 1 saturated heterocycles. The molecule has 0 aliphatic carbocycles. The second-order valence-corrected chi connectivity index (χ2v) is 12.6. The van der Waals surface area contributed by atoms with Crippen LogP contribution in [0.25, 0.3) is 10.8 Å². The summed E-state index contributed by atoms with van der Waals surface area (Å²) >= 11 is 0. The van der Waals surface area contributed by atoms with Crippen LogP contribution in [0, 0.1) is 18.8 Å². The third-order valence-electron chi connectivity index (χ3n) is 7.33. The number of amides is 2. The minimum absolute atomic E-state index is 0.0323. The van der Waals surface area contributed by atoms with E-state index in [0.29, 0.717) is 47.5 Å². The average Bonchev–Trinajstić information content (AvgIpc) is 2.89. The molecule has 1 aliphatic heterocycles. The summed E-state index contributed by atoms with van der Waals surface area (Å²) < 4.78 is 30.5. The van der Waals surface area contributed by atoms with Gasteiger partial charge in [-0.2, -0.15) is 0 Å². The molecule has 1 heterocycles. The van der Waals surface area contributed by atoms with Gasteiger partial charge in [0.15, 0.2) is 0 Å². The SMILES string of the molecule is Cc1ccccc1C(=O)Nc1ccc(S(=O)(=O)N[C@@H]2CCN(C(=O)[C@H](C)N)C[C@H]2CC(C)C)c2ccccc12. The van der Waals surface area contributed by atoms with E-state index in [4.69, 9.17) is 5.73 Å². The maximum absolute atomic E-state index is 13.8. The van der Waals surface area contributed by atoms with Crippen LogP contribution < -0.4 is 15.8 Å². The molecule has 2 amide bonds. The molecule has 4 N–H and O–H groups in total. The van der Waals surface area contributed by atoms with Crippen molar-refractivity contribution < 1.29 is 18.0 Å². The first kappa shape index (κ1) is 28.7. The second kappa shape index (κ2) is 11.9. The van der Waals surface area contributed by atoms with Gasteiger partial charge in [-0.15, -0.1) is 0 Å². The molecule has 0 radical (unpaired) electrons. The quantitative estimate of drug-likeness (QED) is 0.386. The van der Waals surface area contributed by atoms with Gasteiger partial charge in [-0.25, -0.2) is 13.1 Å². The first-order valence-corrected chi connectivity index (χ1v) is 14.9. The van der Waals surface area contributed by atoms with Gasteiger partial charge >= 0.3 is 0 Å². The van der Waals surface area contributed by atoms with Crippen molar-refractivity contribution in [3.63, 3.8) is 0 Å². The molecule has 0 spiro atoms. The van der Waals surface area contributed by atoms with Crippen LogP contribution in [-0.4, -0.2) is 50.3 Å². The standard InChI is InChI=1S/C30H38N4O4S/c1-19(2)17-22-18-34(30(36)21(4)31)16-15-26(22)33-39(37,38)28-14-13-27(24-11-7-8-12-25(24)28)32-29(35)23-10-6-5-9-20(23)3/h5-14,19,21-22,26,33H,15-18,31H2,1-4H3,(H,32,35)/t21-,22+,26+/m0/s1. The molecule has 1 aliphatic rings. The van der Waals surface area contributed by atoms with E-state index in [9.17, 15) is 18.0 Å². The van der Waals surface area contributed by atoms with Gasteiger partial charge in [-0.1, -0.05) is 56.3 Å². The normalized spacial score (nSPS) is 18.8. The number of fused-ring (bicyclic) bond motifs is 1. The number of nitrogens with one attached hydrogen (secondary N) is 2. The van der Waals surface area contributed by atoms with E-state index in [1.165, 1.54) is 0 Å². The van der Waals surface area contributed by atoms with E-state index in [-0.39, 0.29) is 28.7 Å². The lowest BCUT2D eigenvalue weighted by Crippen LogP contribution is -2.55. The van der Waals surface area contributed by atoms with Crippen LogP contribution in [0.5, 0.6) is 0 Å². The highest BCUT2D eigenvalue weighted by molar-refractivity contribution is 7.89. The Morgan fingerprint density at radius 1 is 1.00 bits per heavy atom. The zero-order valence-corrected chi connectivity index (χ0v) is 23.8. The largest absolute Gasteiger partial charge is 0.341 e. The molecule has 3 aromatic rings. The summed E-state index contributed by atoms with van der Waals surface area (Å²) in [6, 6.07) is 16.8. The van der Waals surface area contributed by atoms with Gasteiger partial charge in [0, 0.05) is 41.2 Å². The molecule has 1 fully saturated rings. The fourth-order valence-electron chi connectivity index (χ4n) is 5.41. The molecule has 0 aromatic heterocycles. The molecule has 8 nitrogen and oxygen atoms in total. The number of aryl methyl sites for hydroxylation is 1. The molecular weight excluding hydrogens is 512 g/mol. The monoisotopic (exact) mass is 550 g/mol. The Hall–Kier alpha value is -3.27. The highest BCUT2D eigenvalue weighted by Crippen LogP contribution is 2.32. The molecule has 208 valence electrons. The smallest absolute Gasteiger partial charge is 0.255 e. The number of carbonyl (C=O) groups excluding carboxylic acids is 2. The maximum atomic E-state index is 13.8. The topological polar surface area (TPSA) is 122 Å². The van der Waals surface area contributed by atoms with Crippen molar-refractivity contribution in [3.05, 3.63) is 71.8 Å². The zero-order valence-electron chi connectivity index (χ0n) is 23.0. The van der Waals surface area contributed by atoms with Crippen molar-refractivity contribution in [2.75, 3.05) is 18.4 Å². The molecule has 4 rings (SSSR count). The summed E-state index contributed by atoms with van der Waals surface area (Å²) in [6.07, 6.45) is 1.29. The van der Waals surface area contributed by atoms with Gasteiger partial charge < -0.3 is 16.0 Å². The summed E-state index contributed by atoms with van der Waals surface area (Å²) in [6.45, 7) is 8.65. The number of rotatable bonds is 8. The van der Waals surface area contributed by atoms with E-state index >= 15 is 0 Å². The van der Waals surface area contributed by atoms with E-state index in [1.54, 1.807) is 42.2 Å². The number of nitrogens with zero attached hydrogens (tertiary/aromatic N) is 1. The fraction of sp³-hybridized carbons (Fsp3) is 0.400. The van der Waals surface area contributed by atoms with Crippen LogP contribution in [0.15, 0.2) is 65.6 Å². The number of benzene rings is 3. The Labute approximate surface area is 231 Å². The highest BCUT2D eigenvalue weighted by Gasteiger charge is 2.35. The lowest BCUT2D eigenvalue weighted by atomic mass is 9.86. The molecule has 9 heteroatoms. The Balaban J connectivity index is 1.62. The third-order valence-corrected chi connectivity index (χ3v) is 8.88. The lowest BCUT2D eigenvalue weighted by molar-refractivity contribution is -0.134. The lowest BCUT2D eigenvalue weighted by Gasteiger charge is -2.40. The van der Waals surface area contributed by atoms with Gasteiger partial charge in [0.05, 0.1) is 10.9 Å². The molecular formula is C30H38N4O4S. The molecule has 0 bridgehead atoms. The van der Waals surface area contributed by atoms with Crippen molar-refractivity contribution in [3.8, 4) is 0 Å². The van der Waals surface area contributed by atoms with Gasteiger partial charge in [0.1, 0.15) is 0 Å². The van der Waals surface area contributed by atoms with E-state index in [0.717, 1.165) is 12.0 Å². The fourth-order valence-corrected chi connectivity index (χ4v) is 6.97. The van der Waals surface area contributed by atoms with Crippen molar-refractivity contribution >= 4 is 38.3 Å². The van der Waals surface area contributed by atoms with Gasteiger partial charge in [0.25, 0.3) is 5.91 Å². The number of hydrogen-bond donors (Lipinski definition) is 3. The van der Waals surface area contributed by atoms with Crippen LogP contribution in [0.3, 0.4) is 0 Å². The highest BCUT2D eigenvalue weighted by atomic mass is 32.2. The van der Waals surface area contributed by atoms with Crippen LogP contribution in [-0.2, 0) is 14.8 Å². The number of carbonyl (C=O) groups is 2. The van der Waals surface area contributed by atoms with Crippen LogP contribution in [0.2, 0.25) is 0 Å².